The number of nitrogens with zero attached hydrogens (tertiary/aromatic N) is 6. The van der Waals surface area contributed by atoms with Gasteiger partial charge in [0.25, 0.3) is 35.5 Å². The third-order valence-electron chi connectivity index (χ3n) is 13.5. The highest BCUT2D eigenvalue weighted by molar-refractivity contribution is 7.17. The Morgan fingerprint density at radius 1 is 0.789 bits per heavy atom. The molecule has 4 aromatic heterocycles. The summed E-state index contributed by atoms with van der Waals surface area (Å²) in [5, 5.41) is 32.0. The van der Waals surface area contributed by atoms with E-state index in [0.717, 1.165) is 62.9 Å². The van der Waals surface area contributed by atoms with Gasteiger partial charge in [-0.15, -0.1) is 22.7 Å². The van der Waals surface area contributed by atoms with Crippen LogP contribution in [-0.4, -0.2) is 136 Å². The van der Waals surface area contributed by atoms with E-state index in [9.17, 15) is 47.0 Å². The number of aromatic nitrogens is 4. The van der Waals surface area contributed by atoms with E-state index in [0.29, 0.717) is 45.4 Å². The van der Waals surface area contributed by atoms with E-state index in [1.165, 1.54) is 0 Å². The van der Waals surface area contributed by atoms with Gasteiger partial charge in [-0.25, -0.2) is 37.5 Å². The van der Waals surface area contributed by atoms with E-state index in [2.05, 4.69) is 48.1 Å². The minimum absolute atomic E-state index is 0.00608. The molecule has 71 heavy (non-hydrogen) atoms. The third kappa shape index (κ3) is 12.3. The lowest BCUT2D eigenvalue weighted by Gasteiger charge is -2.39. The second-order valence-corrected chi connectivity index (χ2v) is 22.8. The minimum Gasteiger partial charge on any atom is -0.393 e. The van der Waals surface area contributed by atoms with Crippen LogP contribution in [0.15, 0.2) is 24.5 Å². The highest BCUT2D eigenvalue weighted by atomic mass is 32.1. The molecule has 386 valence electrons. The quantitative estimate of drug-likeness (QED) is 0.0702. The van der Waals surface area contributed by atoms with Crippen LogP contribution in [0.1, 0.15) is 152 Å². The number of rotatable bonds is 13. The van der Waals surface area contributed by atoms with Crippen molar-refractivity contribution in [1.82, 2.24) is 40.4 Å². The Labute approximate surface area is 418 Å². The van der Waals surface area contributed by atoms with Crippen LogP contribution >= 0.6 is 22.7 Å². The molecular formula is C49H64F4N10O6S2. The van der Waals surface area contributed by atoms with Crippen molar-refractivity contribution in [3.05, 3.63) is 57.1 Å². The lowest BCUT2D eigenvalue weighted by Crippen LogP contribution is -2.47. The van der Waals surface area contributed by atoms with Crippen LogP contribution in [0.4, 0.5) is 29.2 Å². The summed E-state index contributed by atoms with van der Waals surface area (Å²) in [4.78, 5) is 73.4. The zero-order chi connectivity index (χ0) is 52.1. The number of hydrogen-bond donors (Lipinski definition) is 6. The number of aliphatic hydroxyl groups is 2. The van der Waals surface area contributed by atoms with Crippen molar-refractivity contribution in [3.63, 3.8) is 0 Å². The van der Waals surface area contributed by atoms with Crippen molar-refractivity contribution < 1.29 is 47.0 Å². The number of alkyl halides is 4. The average molecular weight is 1030 g/mol. The lowest BCUT2D eigenvalue weighted by molar-refractivity contribution is 0.0115. The molecule has 6 N–H and O–H groups in total. The summed E-state index contributed by atoms with van der Waals surface area (Å²) in [6.07, 6.45) is 6.18. The monoisotopic (exact) mass is 1030 g/mol. The molecule has 0 unspecified atom stereocenters. The third-order valence-corrected chi connectivity index (χ3v) is 15.7. The van der Waals surface area contributed by atoms with Crippen LogP contribution in [0.25, 0.3) is 20.9 Å². The number of aliphatic hydroxyl groups excluding tert-OH is 1. The van der Waals surface area contributed by atoms with Gasteiger partial charge in [0, 0.05) is 66.1 Å². The number of thiazole rings is 2. The molecular weight excluding hydrogens is 965 g/mol. The van der Waals surface area contributed by atoms with Crippen molar-refractivity contribution in [2.45, 2.75) is 173 Å². The van der Waals surface area contributed by atoms with Crippen LogP contribution in [0.5, 0.6) is 0 Å². The molecule has 4 aromatic rings. The van der Waals surface area contributed by atoms with E-state index in [1.807, 2.05) is 39.8 Å². The molecule has 2 saturated heterocycles. The molecule has 0 bridgehead atoms. The Kier molecular flexibility index (Phi) is 15.3. The van der Waals surface area contributed by atoms with Gasteiger partial charge in [0.15, 0.2) is 10.0 Å². The normalized spacial score (nSPS) is 22.4. The summed E-state index contributed by atoms with van der Waals surface area (Å²) in [5.74, 6) is -6.83. The molecule has 0 radical (unpaired) electrons. The fraction of sp³-hybridized carbons (Fsp3) is 0.592. The Bertz CT molecular complexity index is 2660. The van der Waals surface area contributed by atoms with Gasteiger partial charge in [0.2, 0.25) is 0 Å². The summed E-state index contributed by atoms with van der Waals surface area (Å²) in [7, 11) is 0. The number of amides is 4. The van der Waals surface area contributed by atoms with Crippen LogP contribution in [-0.2, 0) is 0 Å². The average Bonchev–Trinajstić information content (AvgIpc) is 4.01. The Morgan fingerprint density at radius 3 is 1.65 bits per heavy atom. The highest BCUT2D eigenvalue weighted by Crippen LogP contribution is 2.41. The van der Waals surface area contributed by atoms with E-state index in [1.54, 1.807) is 47.0 Å². The van der Waals surface area contributed by atoms with Gasteiger partial charge in [-0.2, -0.15) is 0 Å². The predicted molar refractivity (Wildman–Crippen MR) is 265 cm³/mol. The summed E-state index contributed by atoms with van der Waals surface area (Å²) in [5.41, 5.74) is 1.61. The molecule has 3 atom stereocenters. The van der Waals surface area contributed by atoms with Gasteiger partial charge >= 0.3 is 0 Å². The molecule has 8 rings (SSSR count). The molecule has 2 aliphatic carbocycles. The largest absolute Gasteiger partial charge is 0.393 e. The Morgan fingerprint density at radius 2 is 1.25 bits per heavy atom. The fourth-order valence-corrected chi connectivity index (χ4v) is 11.0. The summed E-state index contributed by atoms with van der Waals surface area (Å²) < 4.78 is 56.2. The molecule has 0 aromatic carbocycles. The Hall–Kier alpha value is -5.32. The first-order chi connectivity index (χ1) is 33.0. The van der Waals surface area contributed by atoms with Gasteiger partial charge in [-0.1, -0.05) is 0 Å². The maximum absolute atomic E-state index is 14.1. The van der Waals surface area contributed by atoms with E-state index in [-0.39, 0.29) is 39.0 Å². The number of anilines is 2. The van der Waals surface area contributed by atoms with Crippen LogP contribution in [0.2, 0.25) is 0 Å². The number of nitrogens with one attached hydrogen (secondary N) is 4. The van der Waals surface area contributed by atoms with Crippen molar-refractivity contribution >= 4 is 57.9 Å². The van der Waals surface area contributed by atoms with Gasteiger partial charge in [-0.05, 0) is 125 Å². The maximum Gasteiger partial charge on any atom is 0.280 e. The van der Waals surface area contributed by atoms with Crippen molar-refractivity contribution in [2.75, 3.05) is 23.7 Å². The smallest absolute Gasteiger partial charge is 0.280 e. The number of aryl methyl sites for hydroxylation is 2. The lowest BCUT2D eigenvalue weighted by atomic mass is 9.78. The molecule has 4 aliphatic rings. The number of halogens is 4. The van der Waals surface area contributed by atoms with Gasteiger partial charge in [0.1, 0.15) is 23.0 Å². The molecule has 22 heteroatoms. The number of carbonyl (C=O) groups is 4. The fourth-order valence-electron chi connectivity index (χ4n) is 8.89. The highest BCUT2D eigenvalue weighted by Gasteiger charge is 2.48. The molecule has 0 spiro atoms. The second-order valence-electron chi connectivity index (χ2n) is 20.8. The van der Waals surface area contributed by atoms with Gasteiger partial charge in [-0.3, -0.25) is 19.2 Å². The van der Waals surface area contributed by atoms with Crippen LogP contribution < -0.4 is 21.3 Å². The van der Waals surface area contributed by atoms with E-state index in [4.69, 9.17) is 0 Å². The molecule has 4 fully saturated rings. The number of pyridine rings is 2. The molecule has 2 saturated carbocycles. The number of carbonyl (C=O) groups excluding carboxylic acids is 4. The zero-order valence-corrected chi connectivity index (χ0v) is 43.3. The van der Waals surface area contributed by atoms with Crippen molar-refractivity contribution in [3.8, 4) is 20.9 Å². The first kappa shape index (κ1) is 53.5. The van der Waals surface area contributed by atoms with Crippen LogP contribution in [0, 0.1) is 13.8 Å². The summed E-state index contributed by atoms with van der Waals surface area (Å²) in [6.45, 7) is 16.5. The molecule has 16 nitrogen and oxygen atoms in total. The van der Waals surface area contributed by atoms with E-state index < -0.39 is 91.2 Å². The zero-order valence-electron chi connectivity index (χ0n) is 41.7. The summed E-state index contributed by atoms with van der Waals surface area (Å²) >= 11 is 2.05. The van der Waals surface area contributed by atoms with Gasteiger partial charge < -0.3 is 41.3 Å². The van der Waals surface area contributed by atoms with Crippen molar-refractivity contribution in [1.29, 1.82) is 0 Å². The second kappa shape index (κ2) is 20.3. The predicted octanol–water partition coefficient (Wildman–Crippen LogP) is 8.08. The first-order valence-corrected chi connectivity index (χ1v) is 25.6. The molecule has 2 aliphatic heterocycles. The number of likely N-dealkylation sites (tertiary alicyclic amines) is 2. The Balaban J connectivity index is 0.000000209. The summed E-state index contributed by atoms with van der Waals surface area (Å²) in [6, 6.07) is 1.83. The van der Waals surface area contributed by atoms with Gasteiger partial charge in [0.05, 0.1) is 40.6 Å². The minimum atomic E-state index is -2.98. The number of hydrogen-bond acceptors (Lipinski definition) is 14. The van der Waals surface area contributed by atoms with Crippen molar-refractivity contribution in [2.24, 2.45) is 0 Å². The maximum atomic E-state index is 14.1. The topological polar surface area (TPSA) is 215 Å². The standard InChI is InChI=1S/C26H35F2N5O3S.C23H29F2N5O3S/c1-14-10-18(32-25(6)8-7-9-25)29-12-17(14)20-19(23(35)33-13-26(27,28)11-15(33)2)31-22(37-20)21(34)30-16(3)24(4,5)36;1-11(2)27-17-5-12(3)16(9-26-17)19-18(22(33)30-10-23(24,25)8-13(30)4)29-21(34-19)20(32)28-14-6-15(31)7-14/h10,12,15-16,36H,7-9,11,13H2,1-6H3,(H,29,32)(H,30,34);5,9,11,13-15,31H,6-8,10H2,1-4H3,(H,26,27)(H,28,32)/t15-,16+;13-,14?,15?/m00/s1. The molecule has 6 heterocycles. The SMILES string of the molecule is Cc1cc(NC(C)C)ncc1-c1sc(C(=O)NC2CC(O)C2)nc1C(=O)N1CC(F)(F)C[C@@H]1C.Cc1cc(NC2(C)CCC2)ncc1-c1sc(C(=O)N[C@H](C)C(C)(C)O)nc1C(=O)N1CC(F)(F)C[C@@H]1C. The first-order valence-electron chi connectivity index (χ1n) is 23.9. The van der Waals surface area contributed by atoms with Crippen LogP contribution in [0.3, 0.4) is 0 Å². The molecule has 4 amide bonds. The van der Waals surface area contributed by atoms with E-state index >= 15 is 0 Å².